The third kappa shape index (κ3) is 2.20. The number of rotatable bonds is 0. The molecule has 2 aromatic rings. The summed E-state index contributed by atoms with van der Waals surface area (Å²) in [6.45, 7) is 6.75. The zero-order valence-electron chi connectivity index (χ0n) is 8.96. The molecule has 2 rings (SSSR count). The average molecular weight is 350 g/mol. The Bertz CT molecular complexity index is 385. The first-order valence-corrected chi connectivity index (χ1v) is 4.73. The summed E-state index contributed by atoms with van der Waals surface area (Å²) in [5, 5.41) is 2.71. The molecule has 0 aliphatic heterocycles. The van der Waals surface area contributed by atoms with E-state index in [0.717, 1.165) is 0 Å². The number of hydrogen-bond donors (Lipinski definition) is 0. The van der Waals surface area contributed by atoms with Gasteiger partial charge in [-0.1, -0.05) is 26.8 Å². The SMILES string of the molecule is CC(C)(C)c1cc2ccccc2[cH-]1.[Hf]. The van der Waals surface area contributed by atoms with Gasteiger partial charge in [-0.25, -0.2) is 0 Å². The summed E-state index contributed by atoms with van der Waals surface area (Å²) in [4.78, 5) is 0. The van der Waals surface area contributed by atoms with Crippen LogP contribution in [0.25, 0.3) is 10.8 Å². The summed E-state index contributed by atoms with van der Waals surface area (Å²) >= 11 is 0. The van der Waals surface area contributed by atoms with E-state index in [9.17, 15) is 0 Å². The van der Waals surface area contributed by atoms with Crippen LogP contribution in [0.3, 0.4) is 0 Å². The van der Waals surface area contributed by atoms with Crippen LogP contribution in [-0.2, 0) is 31.3 Å². The van der Waals surface area contributed by atoms with Crippen molar-refractivity contribution in [2.45, 2.75) is 26.2 Å². The maximum atomic E-state index is 2.29. The van der Waals surface area contributed by atoms with E-state index in [0.29, 0.717) is 0 Å². The van der Waals surface area contributed by atoms with Crippen LogP contribution in [0, 0.1) is 0 Å². The van der Waals surface area contributed by atoms with Crippen LogP contribution in [0.4, 0.5) is 0 Å². The van der Waals surface area contributed by atoms with E-state index in [1.807, 2.05) is 0 Å². The Morgan fingerprint density at radius 2 is 1.71 bits per heavy atom. The summed E-state index contributed by atoms with van der Waals surface area (Å²) in [5.74, 6) is 0. The van der Waals surface area contributed by atoms with Crippen LogP contribution >= 0.6 is 0 Å². The molecule has 0 atom stereocenters. The Kier molecular flexibility index (Phi) is 3.41. The zero-order chi connectivity index (χ0) is 9.47. The molecule has 0 fully saturated rings. The van der Waals surface area contributed by atoms with Gasteiger partial charge in [-0.05, 0) is 5.41 Å². The van der Waals surface area contributed by atoms with Gasteiger partial charge in [-0.15, -0.1) is 40.6 Å². The Labute approximate surface area is 104 Å². The smallest absolute Gasteiger partial charge is 0 e. The number of fused-ring (bicyclic) bond motifs is 1. The monoisotopic (exact) mass is 351 g/mol. The summed E-state index contributed by atoms with van der Waals surface area (Å²) in [6, 6.07) is 13.1. The molecule has 0 nitrogen and oxygen atoms in total. The van der Waals surface area contributed by atoms with Crippen molar-refractivity contribution in [1.82, 2.24) is 0 Å². The number of benzene rings is 1. The molecular weight excluding hydrogens is 335 g/mol. The van der Waals surface area contributed by atoms with Crippen molar-refractivity contribution in [3.63, 3.8) is 0 Å². The van der Waals surface area contributed by atoms with E-state index >= 15 is 0 Å². The molecular formula is C13H15Hf-. The van der Waals surface area contributed by atoms with E-state index < -0.39 is 0 Å². The van der Waals surface area contributed by atoms with Crippen LogP contribution in [0.15, 0.2) is 36.4 Å². The maximum Gasteiger partial charge on any atom is 0 e. The first-order valence-electron chi connectivity index (χ1n) is 4.73. The van der Waals surface area contributed by atoms with Gasteiger partial charge in [0.1, 0.15) is 0 Å². The molecule has 0 N–H and O–H groups in total. The van der Waals surface area contributed by atoms with Crippen molar-refractivity contribution in [2.75, 3.05) is 0 Å². The molecule has 0 amide bonds. The maximum absolute atomic E-state index is 2.29. The van der Waals surface area contributed by atoms with Crippen LogP contribution in [0.2, 0.25) is 0 Å². The van der Waals surface area contributed by atoms with Gasteiger partial charge < -0.3 is 0 Å². The first kappa shape index (κ1) is 11.8. The minimum Gasteiger partial charge on any atom is -0.164 e. The van der Waals surface area contributed by atoms with Crippen LogP contribution < -0.4 is 0 Å². The minimum absolute atomic E-state index is 0. The van der Waals surface area contributed by atoms with Gasteiger partial charge in [0.05, 0.1) is 0 Å². The molecule has 1 heteroatoms. The van der Waals surface area contributed by atoms with Crippen LogP contribution in [0.1, 0.15) is 26.3 Å². The van der Waals surface area contributed by atoms with E-state index in [4.69, 9.17) is 0 Å². The first-order chi connectivity index (χ1) is 6.07. The molecule has 0 aliphatic rings. The van der Waals surface area contributed by atoms with Crippen molar-refractivity contribution in [3.05, 3.63) is 42.0 Å². The molecule has 0 saturated carbocycles. The number of hydrogen-bond acceptors (Lipinski definition) is 0. The third-order valence-corrected chi connectivity index (χ3v) is 2.48. The van der Waals surface area contributed by atoms with Crippen molar-refractivity contribution in [3.8, 4) is 0 Å². The molecule has 2 aromatic carbocycles. The van der Waals surface area contributed by atoms with Gasteiger partial charge in [-0.2, -0.15) is 6.07 Å². The van der Waals surface area contributed by atoms with E-state index in [1.54, 1.807) is 0 Å². The quantitative estimate of drug-likeness (QED) is 0.500. The molecule has 0 aromatic heterocycles. The van der Waals surface area contributed by atoms with Gasteiger partial charge in [0.25, 0.3) is 0 Å². The normalized spacial score (nSPS) is 11.4. The fraction of sp³-hybridized carbons (Fsp3) is 0.308. The van der Waals surface area contributed by atoms with E-state index in [2.05, 4.69) is 57.2 Å². The second kappa shape index (κ2) is 4.06. The third-order valence-electron chi connectivity index (χ3n) is 2.48. The Hall–Kier alpha value is -0.300. The van der Waals surface area contributed by atoms with Crippen LogP contribution in [-0.4, -0.2) is 0 Å². The topological polar surface area (TPSA) is 0 Å². The summed E-state index contributed by atoms with van der Waals surface area (Å²) in [6.07, 6.45) is 0. The zero-order valence-corrected chi connectivity index (χ0v) is 12.6. The van der Waals surface area contributed by atoms with Crippen molar-refractivity contribution < 1.29 is 25.8 Å². The van der Waals surface area contributed by atoms with E-state index in [1.165, 1.54) is 16.3 Å². The predicted octanol–water partition coefficient (Wildman–Crippen LogP) is 3.85. The molecule has 0 bridgehead atoms. The van der Waals surface area contributed by atoms with Gasteiger partial charge in [0, 0.05) is 25.8 Å². The molecule has 0 saturated heterocycles. The van der Waals surface area contributed by atoms with Crippen molar-refractivity contribution >= 4 is 10.8 Å². The summed E-state index contributed by atoms with van der Waals surface area (Å²) in [5.41, 5.74) is 1.69. The molecule has 72 valence electrons. The molecule has 0 radical (unpaired) electrons. The Morgan fingerprint density at radius 3 is 2.29 bits per heavy atom. The Balaban J connectivity index is 0.000000980. The fourth-order valence-electron chi connectivity index (χ4n) is 1.58. The molecule has 0 unspecified atom stereocenters. The second-order valence-corrected chi connectivity index (χ2v) is 4.62. The van der Waals surface area contributed by atoms with Gasteiger partial charge >= 0.3 is 0 Å². The molecule has 0 heterocycles. The van der Waals surface area contributed by atoms with Crippen LogP contribution in [0.5, 0.6) is 0 Å². The fourth-order valence-corrected chi connectivity index (χ4v) is 1.58. The average Bonchev–Trinajstić information content (AvgIpc) is 2.45. The van der Waals surface area contributed by atoms with Crippen molar-refractivity contribution in [1.29, 1.82) is 0 Å². The minimum atomic E-state index is 0. The predicted molar refractivity (Wildman–Crippen MR) is 58.2 cm³/mol. The second-order valence-electron chi connectivity index (χ2n) is 4.62. The molecule has 0 aliphatic carbocycles. The standard InChI is InChI=1S/C13H15.Hf/c1-13(2,3)12-8-10-6-4-5-7-11(10)9-12;/h4-9H,1-3H3;/q-1;. The van der Waals surface area contributed by atoms with E-state index in [-0.39, 0.29) is 31.3 Å². The summed E-state index contributed by atoms with van der Waals surface area (Å²) in [7, 11) is 0. The van der Waals surface area contributed by atoms with Gasteiger partial charge in [-0.3, -0.25) is 0 Å². The summed E-state index contributed by atoms with van der Waals surface area (Å²) < 4.78 is 0. The largest absolute Gasteiger partial charge is 0.164 e. The van der Waals surface area contributed by atoms with Gasteiger partial charge in [0.15, 0.2) is 0 Å². The van der Waals surface area contributed by atoms with Gasteiger partial charge in [0.2, 0.25) is 0 Å². The Morgan fingerprint density at radius 1 is 1.07 bits per heavy atom. The molecule has 0 spiro atoms. The van der Waals surface area contributed by atoms with Crippen molar-refractivity contribution in [2.24, 2.45) is 0 Å². The molecule has 14 heavy (non-hydrogen) atoms.